The lowest BCUT2D eigenvalue weighted by molar-refractivity contribution is -0.137. The van der Waals surface area contributed by atoms with E-state index in [1.165, 1.54) is 12.1 Å². The number of nitrogens with zero attached hydrogens (tertiary/aromatic N) is 2. The molecule has 0 aromatic heterocycles. The number of carbonyl (C=O) groups excluding carboxylic acids is 1. The lowest BCUT2D eigenvalue weighted by Crippen LogP contribution is -2.43. The Labute approximate surface area is 261 Å². The first-order chi connectivity index (χ1) is 21.5. The Balaban J connectivity index is 1.30. The predicted molar refractivity (Wildman–Crippen MR) is 165 cm³/mol. The van der Waals surface area contributed by atoms with Crippen molar-refractivity contribution in [3.8, 4) is 0 Å². The van der Waals surface area contributed by atoms with Crippen molar-refractivity contribution >= 4 is 21.4 Å². The van der Waals surface area contributed by atoms with Gasteiger partial charge in [-0.25, -0.2) is 8.42 Å². The maximum atomic E-state index is 13.1. The molecule has 45 heavy (non-hydrogen) atoms. The smallest absolute Gasteiger partial charge is 0.394 e. The SMILES string of the molecule is CCS(=O)(=O)c1ccc([C@H](CO)NC(=O)c2ccc(N3CC(c4ccc(C(F)(F)F)cc4)C[C@H]3CN3CCCOC3)cc2)cc1. The van der Waals surface area contributed by atoms with E-state index in [0.717, 1.165) is 55.9 Å². The third-order valence-electron chi connectivity index (χ3n) is 8.60. The van der Waals surface area contributed by atoms with Crippen molar-refractivity contribution in [2.75, 3.05) is 50.2 Å². The minimum Gasteiger partial charge on any atom is -0.394 e. The minimum absolute atomic E-state index is 0.0247. The summed E-state index contributed by atoms with van der Waals surface area (Å²) in [4.78, 5) is 17.8. The monoisotopic (exact) mass is 645 g/mol. The van der Waals surface area contributed by atoms with Crippen molar-refractivity contribution in [2.45, 2.75) is 48.8 Å². The molecule has 3 atom stereocenters. The van der Waals surface area contributed by atoms with Crippen LogP contribution in [0.3, 0.4) is 0 Å². The van der Waals surface area contributed by atoms with Crippen LogP contribution in [-0.4, -0.2) is 75.7 Å². The summed E-state index contributed by atoms with van der Waals surface area (Å²) in [5.74, 6) is -0.379. The van der Waals surface area contributed by atoms with Gasteiger partial charge in [0, 0.05) is 49.5 Å². The Morgan fingerprint density at radius 2 is 1.73 bits per heavy atom. The number of anilines is 1. The fourth-order valence-corrected chi connectivity index (χ4v) is 6.92. The molecule has 242 valence electrons. The van der Waals surface area contributed by atoms with Gasteiger partial charge < -0.3 is 20.1 Å². The molecule has 0 bridgehead atoms. The predicted octanol–water partition coefficient (Wildman–Crippen LogP) is 5.00. The highest BCUT2D eigenvalue weighted by Crippen LogP contribution is 2.37. The Morgan fingerprint density at radius 3 is 2.31 bits per heavy atom. The number of ether oxygens (including phenoxy) is 1. The highest BCUT2D eigenvalue weighted by molar-refractivity contribution is 7.91. The molecule has 5 rings (SSSR count). The van der Waals surface area contributed by atoms with Crippen molar-refractivity contribution in [3.05, 3.63) is 95.1 Å². The maximum absolute atomic E-state index is 13.1. The number of benzene rings is 3. The largest absolute Gasteiger partial charge is 0.416 e. The van der Waals surface area contributed by atoms with Crippen LogP contribution in [0.15, 0.2) is 77.7 Å². The molecule has 12 heteroatoms. The molecule has 8 nitrogen and oxygen atoms in total. The van der Waals surface area contributed by atoms with Gasteiger partial charge >= 0.3 is 6.18 Å². The molecular weight excluding hydrogens is 607 g/mol. The zero-order chi connectivity index (χ0) is 32.2. The fraction of sp³-hybridized carbons (Fsp3) is 0.424. The van der Waals surface area contributed by atoms with E-state index in [-0.39, 0.29) is 29.2 Å². The molecule has 2 aliphatic rings. The number of sulfone groups is 1. The maximum Gasteiger partial charge on any atom is 0.416 e. The van der Waals surface area contributed by atoms with Gasteiger partial charge in [0.2, 0.25) is 0 Å². The summed E-state index contributed by atoms with van der Waals surface area (Å²) >= 11 is 0. The molecule has 2 saturated heterocycles. The molecule has 1 amide bonds. The molecule has 0 radical (unpaired) electrons. The van der Waals surface area contributed by atoms with E-state index >= 15 is 0 Å². The summed E-state index contributed by atoms with van der Waals surface area (Å²) in [5, 5.41) is 12.8. The van der Waals surface area contributed by atoms with Crippen molar-refractivity contribution < 1.29 is 36.2 Å². The van der Waals surface area contributed by atoms with Gasteiger partial charge in [-0.1, -0.05) is 31.2 Å². The Kier molecular flexibility index (Phi) is 10.2. The van der Waals surface area contributed by atoms with E-state index in [4.69, 9.17) is 4.74 Å². The van der Waals surface area contributed by atoms with Gasteiger partial charge in [-0.2, -0.15) is 13.2 Å². The zero-order valence-electron chi connectivity index (χ0n) is 25.0. The molecule has 3 aromatic carbocycles. The van der Waals surface area contributed by atoms with Crippen LogP contribution in [0.2, 0.25) is 0 Å². The lowest BCUT2D eigenvalue weighted by Gasteiger charge is -2.33. The highest BCUT2D eigenvalue weighted by Gasteiger charge is 2.36. The van der Waals surface area contributed by atoms with Crippen LogP contribution in [0.1, 0.15) is 58.8 Å². The molecule has 2 N–H and O–H groups in total. The Hall–Kier alpha value is -3.45. The number of aliphatic hydroxyl groups is 1. The molecule has 1 unspecified atom stereocenters. The van der Waals surface area contributed by atoms with Crippen molar-refractivity contribution in [1.82, 2.24) is 10.2 Å². The van der Waals surface area contributed by atoms with Crippen LogP contribution >= 0.6 is 0 Å². The normalized spacial score (nSPS) is 20.2. The lowest BCUT2D eigenvalue weighted by atomic mass is 9.95. The van der Waals surface area contributed by atoms with Crippen LogP contribution in [0.5, 0.6) is 0 Å². The molecular formula is C33H38F3N3O5S. The van der Waals surface area contributed by atoms with Gasteiger partial charge in [0.15, 0.2) is 9.84 Å². The number of carbonyl (C=O) groups is 1. The fourth-order valence-electron chi connectivity index (χ4n) is 6.04. The van der Waals surface area contributed by atoms with Crippen LogP contribution < -0.4 is 10.2 Å². The topological polar surface area (TPSA) is 99.2 Å². The Morgan fingerprint density at radius 1 is 1.04 bits per heavy atom. The van der Waals surface area contributed by atoms with E-state index in [9.17, 15) is 31.5 Å². The first kappa shape index (κ1) is 32.9. The van der Waals surface area contributed by atoms with E-state index in [1.807, 2.05) is 12.1 Å². The first-order valence-corrected chi connectivity index (χ1v) is 16.7. The summed E-state index contributed by atoms with van der Waals surface area (Å²) in [6.45, 7) is 4.74. The van der Waals surface area contributed by atoms with Gasteiger partial charge in [0.25, 0.3) is 5.91 Å². The summed E-state index contributed by atoms with van der Waals surface area (Å²) in [6.07, 6.45) is -2.68. The summed E-state index contributed by atoms with van der Waals surface area (Å²) in [5.41, 5.74) is 2.06. The van der Waals surface area contributed by atoms with Gasteiger partial charge in [0.05, 0.1) is 35.6 Å². The molecule has 0 spiro atoms. The average molecular weight is 646 g/mol. The average Bonchev–Trinajstić information content (AvgIpc) is 3.47. The number of aliphatic hydroxyl groups excluding tert-OH is 1. The number of alkyl halides is 3. The standard InChI is InChI=1S/C33H38F3N3O5S/c1-2-45(42,43)30-14-8-24(9-15-30)31(21-40)37-32(41)25-6-12-28(13-7-25)39-19-26(18-29(39)20-38-16-3-17-44-22-38)23-4-10-27(11-5-23)33(34,35)36/h4-15,26,29,31,40H,2-3,16-22H2,1H3,(H,37,41)/t26?,29-,31-/m0/s1. The van der Waals surface area contributed by atoms with Crippen LogP contribution in [-0.2, 0) is 20.8 Å². The van der Waals surface area contributed by atoms with Gasteiger partial charge in [0.1, 0.15) is 0 Å². The Bertz CT molecular complexity index is 1540. The minimum atomic E-state index is -4.38. The molecule has 2 fully saturated rings. The second-order valence-corrected chi connectivity index (χ2v) is 13.8. The zero-order valence-corrected chi connectivity index (χ0v) is 25.9. The van der Waals surface area contributed by atoms with E-state index in [0.29, 0.717) is 24.4 Å². The highest BCUT2D eigenvalue weighted by atomic mass is 32.2. The second-order valence-electron chi connectivity index (χ2n) is 11.6. The van der Waals surface area contributed by atoms with Gasteiger partial charge in [-0.3, -0.25) is 9.69 Å². The molecule has 2 aliphatic heterocycles. The van der Waals surface area contributed by atoms with E-state index in [1.54, 1.807) is 43.3 Å². The van der Waals surface area contributed by atoms with Crippen molar-refractivity contribution in [1.29, 1.82) is 0 Å². The molecule has 0 aliphatic carbocycles. The first-order valence-electron chi connectivity index (χ1n) is 15.1. The van der Waals surface area contributed by atoms with E-state index in [2.05, 4.69) is 15.1 Å². The third kappa shape index (κ3) is 7.86. The van der Waals surface area contributed by atoms with Gasteiger partial charge in [-0.15, -0.1) is 0 Å². The number of nitrogens with one attached hydrogen (secondary N) is 1. The van der Waals surface area contributed by atoms with Gasteiger partial charge in [-0.05, 0) is 72.5 Å². The molecule has 2 heterocycles. The number of halogens is 3. The quantitative estimate of drug-likeness (QED) is 0.320. The van der Waals surface area contributed by atoms with Crippen LogP contribution in [0.4, 0.5) is 18.9 Å². The van der Waals surface area contributed by atoms with Crippen molar-refractivity contribution in [3.63, 3.8) is 0 Å². The van der Waals surface area contributed by atoms with Crippen LogP contribution in [0, 0.1) is 0 Å². The number of hydrogen-bond donors (Lipinski definition) is 2. The number of hydrogen-bond acceptors (Lipinski definition) is 7. The third-order valence-corrected chi connectivity index (χ3v) is 10.4. The molecule has 3 aromatic rings. The number of rotatable bonds is 10. The summed E-state index contributed by atoms with van der Waals surface area (Å²) < 4.78 is 69.3. The summed E-state index contributed by atoms with van der Waals surface area (Å²) in [7, 11) is -3.37. The molecule has 0 saturated carbocycles. The van der Waals surface area contributed by atoms with Crippen molar-refractivity contribution in [2.24, 2.45) is 0 Å². The summed E-state index contributed by atoms with van der Waals surface area (Å²) in [6, 6.07) is 18.0. The second kappa shape index (κ2) is 13.9. The number of amides is 1. The van der Waals surface area contributed by atoms with Crippen LogP contribution in [0.25, 0.3) is 0 Å². The van der Waals surface area contributed by atoms with E-state index < -0.39 is 33.5 Å².